The second-order valence-corrected chi connectivity index (χ2v) is 9.78. The Bertz CT molecular complexity index is 1620. The van der Waals surface area contributed by atoms with Gasteiger partial charge in [0.2, 0.25) is 5.91 Å². The molecule has 13 nitrogen and oxygen atoms in total. The zero-order valence-electron chi connectivity index (χ0n) is 21.9. The molecule has 1 unspecified atom stereocenters. The van der Waals surface area contributed by atoms with E-state index < -0.39 is 12.1 Å². The van der Waals surface area contributed by atoms with Crippen LogP contribution < -0.4 is 21.5 Å². The molecule has 5 rings (SSSR count). The molecule has 1 aliphatic heterocycles. The van der Waals surface area contributed by atoms with Gasteiger partial charge in [0.15, 0.2) is 0 Å². The van der Waals surface area contributed by atoms with Gasteiger partial charge in [0.05, 0.1) is 30.1 Å². The number of carbonyl (C=O) groups is 2. The van der Waals surface area contributed by atoms with E-state index in [1.807, 2.05) is 0 Å². The number of hydrogen-bond donors (Lipinski definition) is 4. The molecule has 2 amide bonds. The van der Waals surface area contributed by atoms with Gasteiger partial charge in [0, 0.05) is 22.3 Å². The maximum atomic E-state index is 13.1. The molecular formula is C27H26ClN9O4. The second-order valence-electron chi connectivity index (χ2n) is 9.34. The third-order valence-electron chi connectivity index (χ3n) is 6.56. The molecule has 0 radical (unpaired) electrons. The van der Waals surface area contributed by atoms with Crippen LogP contribution in [-0.2, 0) is 9.53 Å². The first kappa shape index (κ1) is 27.7. The highest BCUT2D eigenvalue weighted by Gasteiger charge is 2.25. The molecule has 4 N–H and O–H groups in total. The van der Waals surface area contributed by atoms with E-state index >= 15 is 0 Å². The molecule has 1 fully saturated rings. The lowest BCUT2D eigenvalue weighted by atomic mass is 9.92. The molecule has 0 bridgehead atoms. The fourth-order valence-electron chi connectivity index (χ4n) is 4.34. The highest BCUT2D eigenvalue weighted by molar-refractivity contribution is 6.30. The molecule has 0 spiro atoms. The Morgan fingerprint density at radius 1 is 1.20 bits per heavy atom. The van der Waals surface area contributed by atoms with E-state index in [2.05, 4.69) is 46.4 Å². The summed E-state index contributed by atoms with van der Waals surface area (Å²) in [5.41, 5.74) is 2.96. The number of nitrogens with zero attached hydrogens (tertiary/aromatic N) is 5. The molecule has 2 aromatic carbocycles. The van der Waals surface area contributed by atoms with E-state index in [9.17, 15) is 14.4 Å². The molecule has 1 atom stereocenters. The van der Waals surface area contributed by atoms with Gasteiger partial charge in [-0.15, -0.1) is 5.10 Å². The van der Waals surface area contributed by atoms with Crippen molar-refractivity contribution in [3.8, 4) is 16.8 Å². The maximum absolute atomic E-state index is 13.1. The van der Waals surface area contributed by atoms with E-state index in [0.717, 1.165) is 13.1 Å². The summed E-state index contributed by atoms with van der Waals surface area (Å²) in [6.07, 6.45) is 4.52. The number of amides is 2. The zero-order valence-corrected chi connectivity index (χ0v) is 22.6. The highest BCUT2D eigenvalue weighted by Crippen LogP contribution is 2.26. The number of aromatic amines is 1. The molecule has 1 aliphatic rings. The number of carbonyl (C=O) groups excluding carboxylic acids is 2. The monoisotopic (exact) mass is 575 g/mol. The molecule has 14 heteroatoms. The van der Waals surface area contributed by atoms with Gasteiger partial charge < -0.3 is 15.4 Å². The summed E-state index contributed by atoms with van der Waals surface area (Å²) in [4.78, 5) is 37.3. The number of anilines is 1. The van der Waals surface area contributed by atoms with E-state index in [0.29, 0.717) is 51.1 Å². The minimum Gasteiger partial charge on any atom is -0.453 e. The Morgan fingerprint density at radius 3 is 2.68 bits per heavy atom. The summed E-state index contributed by atoms with van der Waals surface area (Å²) < 4.78 is 6.08. The Balaban J connectivity index is 1.38. The predicted molar refractivity (Wildman–Crippen MR) is 151 cm³/mol. The van der Waals surface area contributed by atoms with Crippen LogP contribution in [0.15, 0.2) is 65.7 Å². The van der Waals surface area contributed by atoms with Gasteiger partial charge in [-0.2, -0.15) is 9.78 Å². The molecule has 210 valence electrons. The minimum atomic E-state index is -0.595. The Hall–Kier alpha value is -4.88. The van der Waals surface area contributed by atoms with Gasteiger partial charge >= 0.3 is 6.09 Å². The lowest BCUT2D eigenvalue weighted by Gasteiger charge is -2.30. The standard InChI is InChI=1S/C27H26ClN9O4/c1-41-27(40)31-20-6-2-17(3-7-20)21-12-23(33-34-26(21)39)22(10-16-13-29-14-16)32-25(38)9-4-18-11-19(28)5-8-24(18)37-15-30-35-36-37/h2-9,11-12,15-16,22,29H,10,13-14H2,1H3,(H,31,40)(H,32,38)(H,34,39)/b9-4+. The lowest BCUT2D eigenvalue weighted by Crippen LogP contribution is -2.44. The quantitative estimate of drug-likeness (QED) is 0.219. The number of halogens is 1. The van der Waals surface area contributed by atoms with Crippen molar-refractivity contribution in [1.82, 2.24) is 41.0 Å². The molecular weight excluding hydrogens is 550 g/mol. The first-order chi connectivity index (χ1) is 19.9. The number of benzene rings is 2. The molecule has 4 aromatic rings. The molecule has 3 heterocycles. The van der Waals surface area contributed by atoms with Crippen LogP contribution in [0, 0.1) is 5.92 Å². The third kappa shape index (κ3) is 6.83. The smallest absolute Gasteiger partial charge is 0.411 e. The number of rotatable bonds is 9. The van der Waals surface area contributed by atoms with E-state index in [1.54, 1.807) is 54.6 Å². The van der Waals surface area contributed by atoms with Crippen molar-refractivity contribution in [2.45, 2.75) is 12.5 Å². The average Bonchev–Trinajstić information content (AvgIpc) is 3.49. The van der Waals surface area contributed by atoms with Gasteiger partial charge in [-0.1, -0.05) is 23.7 Å². The van der Waals surface area contributed by atoms with Gasteiger partial charge in [0.1, 0.15) is 6.33 Å². The van der Waals surface area contributed by atoms with Gasteiger partial charge in [-0.3, -0.25) is 14.9 Å². The Morgan fingerprint density at radius 2 is 2.00 bits per heavy atom. The van der Waals surface area contributed by atoms with Crippen LogP contribution in [0.4, 0.5) is 10.5 Å². The van der Waals surface area contributed by atoms with Crippen molar-refractivity contribution < 1.29 is 14.3 Å². The van der Waals surface area contributed by atoms with Crippen LogP contribution in [-0.4, -0.2) is 62.6 Å². The molecule has 0 aliphatic carbocycles. The number of H-pyrrole nitrogens is 1. The fourth-order valence-corrected chi connectivity index (χ4v) is 4.52. The van der Waals surface area contributed by atoms with Crippen LogP contribution in [0.25, 0.3) is 22.9 Å². The molecule has 41 heavy (non-hydrogen) atoms. The number of tetrazole rings is 1. The normalized spacial score (nSPS) is 13.9. The third-order valence-corrected chi connectivity index (χ3v) is 6.79. The van der Waals surface area contributed by atoms with Crippen LogP contribution in [0.5, 0.6) is 0 Å². The molecule has 1 saturated heterocycles. The largest absolute Gasteiger partial charge is 0.453 e. The summed E-state index contributed by atoms with van der Waals surface area (Å²) in [5, 5.41) is 27.4. The number of aromatic nitrogens is 6. The van der Waals surface area contributed by atoms with E-state index in [-0.39, 0.29) is 11.5 Å². The van der Waals surface area contributed by atoms with Crippen molar-refractivity contribution in [3.63, 3.8) is 0 Å². The topological polar surface area (TPSA) is 169 Å². The SMILES string of the molecule is COC(=O)Nc1ccc(-c2cc(C(CC3CNC3)NC(=O)/C=C/c3cc(Cl)ccc3-n3cnnn3)n[nH]c2=O)cc1. The fraction of sp³-hybridized carbons (Fsp3) is 0.222. The minimum absolute atomic E-state index is 0.337. The van der Waals surface area contributed by atoms with Crippen molar-refractivity contribution in [2.24, 2.45) is 5.92 Å². The van der Waals surface area contributed by atoms with Crippen LogP contribution in [0.3, 0.4) is 0 Å². The summed E-state index contributed by atoms with van der Waals surface area (Å²) in [7, 11) is 1.28. The maximum Gasteiger partial charge on any atom is 0.411 e. The van der Waals surface area contributed by atoms with Gasteiger partial charge in [-0.25, -0.2) is 9.89 Å². The van der Waals surface area contributed by atoms with Crippen molar-refractivity contribution in [1.29, 1.82) is 0 Å². The summed E-state index contributed by atoms with van der Waals surface area (Å²) in [5.74, 6) is -0.0119. The van der Waals surface area contributed by atoms with E-state index in [4.69, 9.17) is 11.6 Å². The van der Waals surface area contributed by atoms with Gasteiger partial charge in [-0.05, 0) is 83.9 Å². The average molecular weight is 576 g/mol. The van der Waals surface area contributed by atoms with E-state index in [1.165, 1.54) is 24.2 Å². The number of nitrogens with one attached hydrogen (secondary N) is 4. The van der Waals surface area contributed by atoms with Crippen molar-refractivity contribution >= 4 is 35.4 Å². The second kappa shape index (κ2) is 12.5. The number of hydrogen-bond acceptors (Lipinski definition) is 9. The summed E-state index contributed by atoms with van der Waals surface area (Å²) in [6.45, 7) is 1.65. The van der Waals surface area contributed by atoms with Crippen LogP contribution >= 0.6 is 11.6 Å². The van der Waals surface area contributed by atoms with Crippen molar-refractivity contribution in [2.75, 3.05) is 25.5 Å². The molecule has 2 aromatic heterocycles. The Labute approximate surface area is 238 Å². The Kier molecular flexibility index (Phi) is 8.46. The first-order valence-corrected chi connectivity index (χ1v) is 13.0. The highest BCUT2D eigenvalue weighted by atomic mass is 35.5. The van der Waals surface area contributed by atoms with Gasteiger partial charge in [0.25, 0.3) is 5.56 Å². The first-order valence-electron chi connectivity index (χ1n) is 12.7. The zero-order chi connectivity index (χ0) is 28.8. The van der Waals surface area contributed by atoms with Crippen LogP contribution in [0.1, 0.15) is 23.7 Å². The molecule has 0 saturated carbocycles. The van der Waals surface area contributed by atoms with Crippen LogP contribution in [0.2, 0.25) is 5.02 Å². The number of ether oxygens (including phenoxy) is 1. The van der Waals surface area contributed by atoms with Crippen molar-refractivity contribution in [3.05, 3.63) is 87.6 Å². The number of methoxy groups -OCH3 is 1. The lowest BCUT2D eigenvalue weighted by molar-refractivity contribution is -0.117. The summed E-state index contributed by atoms with van der Waals surface area (Å²) in [6, 6.07) is 13.1. The summed E-state index contributed by atoms with van der Waals surface area (Å²) >= 11 is 6.19. The predicted octanol–water partition coefficient (Wildman–Crippen LogP) is 2.72.